The summed E-state index contributed by atoms with van der Waals surface area (Å²) in [7, 11) is 0. The summed E-state index contributed by atoms with van der Waals surface area (Å²) in [6, 6.07) is 17.1. The van der Waals surface area contributed by atoms with Crippen LogP contribution >= 0.6 is 11.6 Å². The van der Waals surface area contributed by atoms with E-state index in [0.717, 1.165) is 0 Å². The topological polar surface area (TPSA) is 88.5 Å². The van der Waals surface area contributed by atoms with Crippen molar-refractivity contribution in [3.8, 4) is 17.2 Å². The first kappa shape index (κ1) is 19.7. The van der Waals surface area contributed by atoms with Crippen LogP contribution in [0.2, 0.25) is 5.02 Å². The maximum atomic E-state index is 13.6. The van der Waals surface area contributed by atoms with Crippen LogP contribution in [0.1, 0.15) is 16.7 Å². The molecule has 3 aromatic carbocycles. The summed E-state index contributed by atoms with van der Waals surface area (Å²) in [6.07, 6.45) is 0. The quantitative estimate of drug-likeness (QED) is 0.594. The van der Waals surface area contributed by atoms with Crippen LogP contribution in [-0.2, 0) is 16.9 Å². The first-order chi connectivity index (χ1) is 15.0. The number of anilines is 1. The Bertz CT molecular complexity index is 1180. The Hall–Kier alpha value is -3.26. The number of carbonyl (C=O) groups excluding carboxylic acids is 1. The Morgan fingerprint density at radius 2 is 1.87 bits per heavy atom. The number of aliphatic hydroxyl groups is 2. The monoisotopic (exact) mass is 439 g/mol. The van der Waals surface area contributed by atoms with Crippen molar-refractivity contribution in [2.75, 3.05) is 18.5 Å². The Kier molecular flexibility index (Phi) is 4.74. The number of para-hydroxylation sites is 1. The number of benzene rings is 3. The van der Waals surface area contributed by atoms with Crippen LogP contribution in [0.15, 0.2) is 60.7 Å². The fourth-order valence-electron chi connectivity index (χ4n) is 3.98. The van der Waals surface area contributed by atoms with Crippen molar-refractivity contribution < 1.29 is 29.2 Å². The van der Waals surface area contributed by atoms with E-state index in [2.05, 4.69) is 0 Å². The van der Waals surface area contributed by atoms with E-state index < -0.39 is 18.3 Å². The van der Waals surface area contributed by atoms with Crippen LogP contribution in [0.5, 0.6) is 17.2 Å². The molecule has 7 nitrogen and oxygen atoms in total. The average molecular weight is 440 g/mol. The van der Waals surface area contributed by atoms with Gasteiger partial charge in [-0.3, -0.25) is 4.79 Å². The molecular weight excluding hydrogens is 422 g/mol. The van der Waals surface area contributed by atoms with E-state index in [1.54, 1.807) is 54.6 Å². The second-order valence-corrected chi connectivity index (χ2v) is 7.62. The molecule has 2 aliphatic heterocycles. The highest BCUT2D eigenvalue weighted by atomic mass is 35.5. The number of aliphatic hydroxyl groups excluding tert-OH is 1. The summed E-state index contributed by atoms with van der Waals surface area (Å²) in [5.74, 6) is 0.984. The van der Waals surface area contributed by atoms with Crippen molar-refractivity contribution in [2.24, 2.45) is 0 Å². The zero-order chi connectivity index (χ0) is 21.6. The third-order valence-corrected chi connectivity index (χ3v) is 5.87. The fraction of sp³-hybridized carbons (Fsp3) is 0.174. The van der Waals surface area contributed by atoms with E-state index in [1.807, 2.05) is 6.07 Å². The van der Waals surface area contributed by atoms with Crippen LogP contribution < -0.4 is 19.1 Å². The van der Waals surface area contributed by atoms with Crippen molar-refractivity contribution in [1.29, 1.82) is 0 Å². The molecule has 1 atom stereocenters. The molecule has 0 fully saturated rings. The van der Waals surface area contributed by atoms with Gasteiger partial charge in [-0.2, -0.15) is 0 Å². The highest BCUT2D eigenvalue weighted by molar-refractivity contribution is 6.31. The molecule has 2 heterocycles. The van der Waals surface area contributed by atoms with Crippen LogP contribution in [0, 0.1) is 0 Å². The number of carbonyl (C=O) groups is 1. The summed E-state index contributed by atoms with van der Waals surface area (Å²) >= 11 is 6.38. The fourth-order valence-corrected chi connectivity index (χ4v) is 4.21. The van der Waals surface area contributed by atoms with Gasteiger partial charge in [-0.15, -0.1) is 0 Å². The first-order valence-electron chi connectivity index (χ1n) is 9.58. The summed E-state index contributed by atoms with van der Waals surface area (Å²) < 4.78 is 15.8. The molecule has 0 spiro atoms. The minimum Gasteiger partial charge on any atom is -0.468 e. The van der Waals surface area contributed by atoms with Crippen LogP contribution in [-0.4, -0.2) is 29.7 Å². The zero-order valence-electron chi connectivity index (χ0n) is 16.2. The highest BCUT2D eigenvalue weighted by Crippen LogP contribution is 2.47. The Morgan fingerprint density at radius 1 is 1.06 bits per heavy atom. The van der Waals surface area contributed by atoms with Crippen LogP contribution in [0.4, 0.5) is 5.69 Å². The van der Waals surface area contributed by atoms with Gasteiger partial charge in [0.15, 0.2) is 23.9 Å². The molecule has 158 valence electrons. The molecule has 5 rings (SSSR count). The summed E-state index contributed by atoms with van der Waals surface area (Å²) in [5, 5.41) is 21.0. The number of nitrogens with zero attached hydrogens (tertiary/aromatic N) is 1. The number of hydrogen-bond donors (Lipinski definition) is 2. The molecule has 0 aromatic heterocycles. The number of halogens is 1. The van der Waals surface area contributed by atoms with E-state index in [-0.39, 0.29) is 13.3 Å². The van der Waals surface area contributed by atoms with Gasteiger partial charge in [-0.25, -0.2) is 0 Å². The Balaban J connectivity index is 1.54. The summed E-state index contributed by atoms with van der Waals surface area (Å²) in [6.45, 7) is -0.209. The molecule has 0 bridgehead atoms. The third kappa shape index (κ3) is 3.09. The standard InChI is InChI=1S/C23H18ClNO6/c24-18-10-16(29-12-26)7-5-14(18)11-25-19-4-2-1-3-17(19)23(28,22(25)27)15-6-8-20-21(9-15)31-13-30-20/h1-10,26,28H,11-13H2. The van der Waals surface area contributed by atoms with Gasteiger partial charge in [0.05, 0.1) is 12.2 Å². The van der Waals surface area contributed by atoms with E-state index in [1.165, 1.54) is 4.90 Å². The predicted octanol–water partition coefficient (Wildman–Crippen LogP) is 3.18. The van der Waals surface area contributed by atoms with Crippen molar-refractivity contribution in [1.82, 2.24) is 0 Å². The van der Waals surface area contributed by atoms with Crippen molar-refractivity contribution in [3.05, 3.63) is 82.4 Å². The van der Waals surface area contributed by atoms with Gasteiger partial charge in [0.2, 0.25) is 6.79 Å². The third-order valence-electron chi connectivity index (χ3n) is 5.51. The maximum absolute atomic E-state index is 13.6. The largest absolute Gasteiger partial charge is 0.468 e. The normalized spacial score (nSPS) is 18.9. The van der Waals surface area contributed by atoms with Gasteiger partial charge >= 0.3 is 0 Å². The number of rotatable bonds is 5. The Labute approximate surface area is 183 Å². The molecule has 0 aliphatic carbocycles. The lowest BCUT2D eigenvalue weighted by atomic mass is 9.87. The predicted molar refractivity (Wildman–Crippen MR) is 112 cm³/mol. The molecule has 0 saturated carbocycles. The number of ether oxygens (including phenoxy) is 3. The molecule has 2 N–H and O–H groups in total. The molecule has 1 amide bonds. The van der Waals surface area contributed by atoms with E-state index in [9.17, 15) is 9.90 Å². The van der Waals surface area contributed by atoms with Crippen molar-refractivity contribution in [2.45, 2.75) is 12.1 Å². The maximum Gasteiger partial charge on any atom is 0.268 e. The minimum atomic E-state index is -1.87. The van der Waals surface area contributed by atoms with Gasteiger partial charge in [0, 0.05) is 16.1 Å². The molecular formula is C23H18ClNO6. The lowest BCUT2D eigenvalue weighted by molar-refractivity contribution is -0.132. The Morgan fingerprint density at radius 3 is 2.68 bits per heavy atom. The molecule has 2 aliphatic rings. The van der Waals surface area contributed by atoms with Crippen molar-refractivity contribution >= 4 is 23.2 Å². The van der Waals surface area contributed by atoms with Gasteiger partial charge in [0.25, 0.3) is 5.91 Å². The van der Waals surface area contributed by atoms with Gasteiger partial charge in [-0.1, -0.05) is 41.9 Å². The van der Waals surface area contributed by atoms with E-state index in [0.29, 0.717) is 44.6 Å². The molecule has 0 radical (unpaired) electrons. The second-order valence-electron chi connectivity index (χ2n) is 7.21. The molecule has 1 unspecified atom stereocenters. The van der Waals surface area contributed by atoms with Gasteiger partial charge < -0.3 is 29.3 Å². The lowest BCUT2D eigenvalue weighted by Crippen LogP contribution is -2.40. The van der Waals surface area contributed by atoms with E-state index >= 15 is 0 Å². The highest BCUT2D eigenvalue weighted by Gasteiger charge is 2.51. The second kappa shape index (κ2) is 7.46. The molecule has 3 aromatic rings. The van der Waals surface area contributed by atoms with Gasteiger partial charge in [0.1, 0.15) is 5.75 Å². The van der Waals surface area contributed by atoms with Crippen LogP contribution in [0.25, 0.3) is 0 Å². The molecule has 31 heavy (non-hydrogen) atoms. The zero-order valence-corrected chi connectivity index (χ0v) is 17.0. The van der Waals surface area contributed by atoms with Crippen LogP contribution in [0.3, 0.4) is 0 Å². The first-order valence-corrected chi connectivity index (χ1v) is 9.96. The SMILES string of the molecule is O=C1N(Cc2ccc(OCO)cc2Cl)c2ccccc2C1(O)c1ccc2c(c1)OCO2. The summed E-state index contributed by atoms with van der Waals surface area (Å²) in [5.41, 5.74) is 0.276. The van der Waals surface area contributed by atoms with Crippen molar-refractivity contribution in [3.63, 3.8) is 0 Å². The smallest absolute Gasteiger partial charge is 0.268 e. The minimum absolute atomic E-state index is 0.0996. The number of amides is 1. The number of hydrogen-bond acceptors (Lipinski definition) is 6. The van der Waals surface area contributed by atoms with Gasteiger partial charge in [-0.05, 0) is 35.9 Å². The van der Waals surface area contributed by atoms with E-state index in [4.69, 9.17) is 30.9 Å². The number of fused-ring (bicyclic) bond motifs is 2. The molecule has 0 saturated heterocycles. The lowest BCUT2D eigenvalue weighted by Gasteiger charge is -2.24. The average Bonchev–Trinajstić information content (AvgIpc) is 3.33. The summed E-state index contributed by atoms with van der Waals surface area (Å²) in [4.78, 5) is 15.1. The molecule has 8 heteroatoms.